The molecule has 0 bridgehead atoms. The third-order valence-corrected chi connectivity index (χ3v) is 5.09. The van der Waals surface area contributed by atoms with E-state index in [1.807, 2.05) is 0 Å². The summed E-state index contributed by atoms with van der Waals surface area (Å²) in [5.41, 5.74) is 12.5. The van der Waals surface area contributed by atoms with E-state index in [2.05, 4.69) is 16.0 Å². The van der Waals surface area contributed by atoms with E-state index < -0.39 is 17.4 Å². The van der Waals surface area contributed by atoms with Crippen molar-refractivity contribution in [3.05, 3.63) is 48.0 Å². The Kier molecular flexibility index (Phi) is 6.23. The summed E-state index contributed by atoms with van der Waals surface area (Å²) in [6.45, 7) is 2.61. The first-order valence-corrected chi connectivity index (χ1v) is 9.74. The zero-order valence-corrected chi connectivity index (χ0v) is 16.6. The van der Waals surface area contributed by atoms with Gasteiger partial charge in [-0.1, -0.05) is 18.2 Å². The number of rotatable bonds is 7. The summed E-state index contributed by atoms with van der Waals surface area (Å²) in [4.78, 5) is 12.7. The summed E-state index contributed by atoms with van der Waals surface area (Å²) in [7, 11) is 0. The highest BCUT2D eigenvalue weighted by atomic mass is 19.4. The number of hydrogen-bond acceptors (Lipinski definition) is 5. The molecule has 0 saturated carbocycles. The van der Waals surface area contributed by atoms with Gasteiger partial charge >= 0.3 is 6.18 Å². The second kappa shape index (κ2) is 8.53. The topological polar surface area (TPSA) is 105 Å². The number of amides is 1. The minimum atomic E-state index is -4.37. The van der Waals surface area contributed by atoms with E-state index in [0.29, 0.717) is 24.3 Å². The second-order valence-electron chi connectivity index (χ2n) is 7.61. The summed E-state index contributed by atoms with van der Waals surface area (Å²) in [6.07, 6.45) is -2.85. The van der Waals surface area contributed by atoms with E-state index in [9.17, 15) is 18.0 Å². The van der Waals surface area contributed by atoms with Gasteiger partial charge in [0, 0.05) is 12.6 Å². The zero-order chi connectivity index (χ0) is 21.9. The van der Waals surface area contributed by atoms with Crippen LogP contribution >= 0.6 is 0 Å². The molecule has 0 aromatic heterocycles. The maximum Gasteiger partial charge on any atom is 0.416 e. The van der Waals surface area contributed by atoms with Crippen LogP contribution < -0.4 is 27.4 Å². The fraction of sp³-hybridized carbons (Fsp3) is 0.381. The monoisotopic (exact) mass is 421 g/mol. The minimum absolute atomic E-state index is 0.170. The van der Waals surface area contributed by atoms with Crippen molar-refractivity contribution in [3.8, 4) is 11.1 Å². The first kappa shape index (κ1) is 21.9. The van der Waals surface area contributed by atoms with Gasteiger partial charge in [0.2, 0.25) is 0 Å². The number of carbonyl (C=O) groups excluding carboxylic acids is 1. The van der Waals surface area contributed by atoms with Gasteiger partial charge in [-0.15, -0.1) is 0 Å². The van der Waals surface area contributed by atoms with Gasteiger partial charge in [-0.2, -0.15) is 13.2 Å². The van der Waals surface area contributed by atoms with Crippen molar-refractivity contribution in [1.82, 2.24) is 5.32 Å². The van der Waals surface area contributed by atoms with Crippen molar-refractivity contribution < 1.29 is 18.0 Å². The van der Waals surface area contributed by atoms with E-state index in [1.54, 1.807) is 25.1 Å². The van der Waals surface area contributed by atoms with Crippen molar-refractivity contribution in [2.24, 2.45) is 11.5 Å². The van der Waals surface area contributed by atoms with Gasteiger partial charge in [-0.3, -0.25) is 4.79 Å². The van der Waals surface area contributed by atoms with Crippen LogP contribution in [0.4, 0.5) is 24.5 Å². The van der Waals surface area contributed by atoms with Crippen LogP contribution in [0.5, 0.6) is 0 Å². The van der Waals surface area contributed by atoms with Crippen molar-refractivity contribution in [2.45, 2.75) is 37.6 Å². The van der Waals surface area contributed by atoms with Gasteiger partial charge < -0.3 is 27.4 Å². The Morgan fingerprint density at radius 2 is 1.73 bits per heavy atom. The molecule has 1 aliphatic heterocycles. The minimum Gasteiger partial charge on any atom is -0.354 e. The van der Waals surface area contributed by atoms with Crippen molar-refractivity contribution in [1.29, 1.82) is 0 Å². The Balaban J connectivity index is 1.68. The lowest BCUT2D eigenvalue weighted by Crippen LogP contribution is -2.54. The summed E-state index contributed by atoms with van der Waals surface area (Å²) < 4.78 is 38.3. The molecular weight excluding hydrogens is 395 g/mol. The Morgan fingerprint density at radius 1 is 1.10 bits per heavy atom. The van der Waals surface area contributed by atoms with E-state index in [-0.39, 0.29) is 11.9 Å². The molecule has 0 aliphatic carbocycles. The summed E-state index contributed by atoms with van der Waals surface area (Å²) >= 11 is 0. The van der Waals surface area contributed by atoms with E-state index >= 15 is 0 Å². The predicted octanol–water partition coefficient (Wildman–Crippen LogP) is 3.11. The molecule has 1 aliphatic rings. The smallest absolute Gasteiger partial charge is 0.354 e. The zero-order valence-electron chi connectivity index (χ0n) is 16.6. The maximum absolute atomic E-state index is 12.8. The quantitative estimate of drug-likeness (QED) is 0.473. The number of hydrogen-bond donors (Lipinski definition) is 5. The number of nitrogens with one attached hydrogen (secondary N) is 3. The molecule has 6 nitrogen and oxygen atoms in total. The standard InChI is InChI=1S/C21H26F3N5O/c1-20(19(30)27-12-16(26)3-2-10-25)28-17-9-6-14(11-18(17)29-20)13-4-7-15(8-5-13)21(22,23)24/h4-9,11,16,28-29H,2-3,10,12,25-26H2,1H3,(H,27,30)/t16-,20?/m0/s1. The fourth-order valence-corrected chi connectivity index (χ4v) is 3.35. The van der Waals surface area contributed by atoms with Gasteiger partial charge in [0.05, 0.1) is 16.9 Å². The fourth-order valence-electron chi connectivity index (χ4n) is 3.35. The highest BCUT2D eigenvalue weighted by Gasteiger charge is 2.39. The number of anilines is 2. The largest absolute Gasteiger partial charge is 0.416 e. The first-order chi connectivity index (χ1) is 14.1. The Hall–Kier alpha value is -2.78. The number of fused-ring (bicyclic) bond motifs is 1. The van der Waals surface area contributed by atoms with Gasteiger partial charge in [-0.25, -0.2) is 0 Å². The van der Waals surface area contributed by atoms with Crippen LogP contribution in [-0.2, 0) is 11.0 Å². The second-order valence-corrected chi connectivity index (χ2v) is 7.61. The molecule has 162 valence electrons. The Morgan fingerprint density at radius 3 is 2.37 bits per heavy atom. The molecule has 2 atom stereocenters. The van der Waals surface area contributed by atoms with Crippen LogP contribution in [0.2, 0.25) is 0 Å². The predicted molar refractivity (Wildman–Crippen MR) is 112 cm³/mol. The molecule has 2 aromatic carbocycles. The molecule has 1 heterocycles. The van der Waals surface area contributed by atoms with Crippen LogP contribution in [-0.4, -0.2) is 30.7 Å². The normalized spacial score (nSPS) is 18.9. The van der Waals surface area contributed by atoms with Gasteiger partial charge in [-0.05, 0) is 61.7 Å². The average Bonchev–Trinajstić information content (AvgIpc) is 3.06. The molecule has 1 amide bonds. The highest BCUT2D eigenvalue weighted by Crippen LogP contribution is 2.38. The molecule has 0 saturated heterocycles. The van der Waals surface area contributed by atoms with E-state index in [4.69, 9.17) is 11.5 Å². The molecule has 3 rings (SSSR count). The van der Waals surface area contributed by atoms with Crippen LogP contribution in [0, 0.1) is 0 Å². The lowest BCUT2D eigenvalue weighted by atomic mass is 10.0. The van der Waals surface area contributed by atoms with Crippen LogP contribution in [0.1, 0.15) is 25.3 Å². The summed E-state index contributed by atoms with van der Waals surface area (Å²) in [6, 6.07) is 10.2. The number of halogens is 3. The number of alkyl halides is 3. The van der Waals surface area contributed by atoms with Crippen molar-refractivity contribution in [2.75, 3.05) is 23.7 Å². The average molecular weight is 421 g/mol. The van der Waals surface area contributed by atoms with Crippen molar-refractivity contribution >= 4 is 17.3 Å². The molecule has 0 spiro atoms. The van der Waals surface area contributed by atoms with Crippen LogP contribution in [0.3, 0.4) is 0 Å². The van der Waals surface area contributed by atoms with Crippen LogP contribution in [0.15, 0.2) is 42.5 Å². The molecule has 0 radical (unpaired) electrons. The summed E-state index contributed by atoms with van der Waals surface area (Å²) in [5.74, 6) is -0.252. The van der Waals surface area contributed by atoms with E-state index in [1.165, 1.54) is 12.1 Å². The van der Waals surface area contributed by atoms with Crippen molar-refractivity contribution in [3.63, 3.8) is 0 Å². The lowest BCUT2D eigenvalue weighted by molar-refractivity contribution is -0.137. The van der Waals surface area contributed by atoms with Gasteiger partial charge in [0.15, 0.2) is 5.66 Å². The van der Waals surface area contributed by atoms with E-state index in [0.717, 1.165) is 36.2 Å². The first-order valence-electron chi connectivity index (χ1n) is 9.74. The molecule has 1 unspecified atom stereocenters. The molecular formula is C21H26F3N5O. The Bertz CT molecular complexity index is 901. The third-order valence-electron chi connectivity index (χ3n) is 5.09. The molecule has 2 aromatic rings. The molecule has 7 N–H and O–H groups in total. The SMILES string of the molecule is CC1(C(=O)NC[C@@H](N)CCCN)Nc2ccc(-c3ccc(C(F)(F)F)cc3)cc2N1. The van der Waals surface area contributed by atoms with Gasteiger partial charge in [0.25, 0.3) is 5.91 Å². The molecule has 0 fully saturated rings. The maximum atomic E-state index is 12.8. The summed E-state index contributed by atoms with van der Waals surface area (Å²) in [5, 5.41) is 9.15. The third kappa shape index (κ3) is 4.85. The highest BCUT2D eigenvalue weighted by molar-refractivity contribution is 5.97. The lowest BCUT2D eigenvalue weighted by Gasteiger charge is -2.25. The number of benzene rings is 2. The van der Waals surface area contributed by atoms with Gasteiger partial charge in [0.1, 0.15) is 0 Å². The molecule has 9 heteroatoms. The number of nitrogens with two attached hydrogens (primary N) is 2. The number of carbonyl (C=O) groups is 1. The Labute approximate surface area is 173 Å². The molecule has 30 heavy (non-hydrogen) atoms. The van der Waals surface area contributed by atoms with Crippen LogP contribution in [0.25, 0.3) is 11.1 Å².